The van der Waals surface area contributed by atoms with Gasteiger partial charge in [0.15, 0.2) is 11.5 Å². The number of hydrogen-bond donors (Lipinski definition) is 0. The van der Waals surface area contributed by atoms with Gasteiger partial charge in [0, 0.05) is 5.88 Å². The summed E-state index contributed by atoms with van der Waals surface area (Å²) in [6.07, 6.45) is 0. The monoisotopic (exact) mass is 296 g/mol. The van der Waals surface area contributed by atoms with Gasteiger partial charge in [-0.2, -0.15) is 0 Å². The topological polar surface area (TPSA) is 18.5 Å². The van der Waals surface area contributed by atoms with Crippen molar-refractivity contribution in [2.75, 3.05) is 6.61 Å². The molecule has 0 N–H and O–H groups in total. The molecular weight excluding hydrogens is 283 g/mol. The fourth-order valence-corrected chi connectivity index (χ4v) is 2.05. The van der Waals surface area contributed by atoms with E-state index in [0.717, 1.165) is 5.56 Å². The van der Waals surface area contributed by atoms with Gasteiger partial charge in [-0.05, 0) is 36.8 Å². The second-order valence-corrected chi connectivity index (χ2v) is 4.55. The molecule has 0 aliphatic rings. The standard InChI is InChI=1S/C15H14Cl2O2/c1-2-18-14-5-3-4-6-15(14)19-13-8-7-11(10-16)9-12(13)17/h3-9H,2,10H2,1H3. The van der Waals surface area contributed by atoms with Crippen LogP contribution in [0, 0.1) is 0 Å². The lowest BCUT2D eigenvalue weighted by Crippen LogP contribution is -1.95. The van der Waals surface area contributed by atoms with Gasteiger partial charge in [-0.1, -0.05) is 29.8 Å². The fourth-order valence-electron chi connectivity index (χ4n) is 1.64. The zero-order valence-corrected chi connectivity index (χ0v) is 12.0. The van der Waals surface area contributed by atoms with Crippen LogP contribution in [0.4, 0.5) is 0 Å². The van der Waals surface area contributed by atoms with Crippen LogP contribution in [0.5, 0.6) is 17.2 Å². The Morgan fingerprint density at radius 2 is 1.74 bits per heavy atom. The Morgan fingerprint density at radius 1 is 1.00 bits per heavy atom. The molecule has 19 heavy (non-hydrogen) atoms. The minimum absolute atomic E-state index is 0.426. The van der Waals surface area contributed by atoms with Crippen molar-refractivity contribution in [2.45, 2.75) is 12.8 Å². The fraction of sp³-hybridized carbons (Fsp3) is 0.200. The third kappa shape index (κ3) is 3.55. The van der Waals surface area contributed by atoms with Crippen LogP contribution in [0.3, 0.4) is 0 Å². The molecule has 0 aliphatic heterocycles. The minimum Gasteiger partial charge on any atom is -0.490 e. The first-order valence-electron chi connectivity index (χ1n) is 5.98. The van der Waals surface area contributed by atoms with Gasteiger partial charge >= 0.3 is 0 Å². The van der Waals surface area contributed by atoms with E-state index in [9.17, 15) is 0 Å². The number of rotatable bonds is 5. The van der Waals surface area contributed by atoms with Crippen molar-refractivity contribution in [3.63, 3.8) is 0 Å². The Balaban J connectivity index is 2.26. The van der Waals surface area contributed by atoms with Crippen LogP contribution in [0.15, 0.2) is 42.5 Å². The van der Waals surface area contributed by atoms with Crippen molar-refractivity contribution in [2.24, 2.45) is 0 Å². The highest BCUT2D eigenvalue weighted by Crippen LogP contribution is 2.35. The molecule has 0 heterocycles. The van der Waals surface area contributed by atoms with Crippen molar-refractivity contribution in [1.29, 1.82) is 0 Å². The summed E-state index contributed by atoms with van der Waals surface area (Å²) in [5.74, 6) is 2.35. The van der Waals surface area contributed by atoms with E-state index in [0.29, 0.717) is 34.8 Å². The molecule has 2 aromatic carbocycles. The van der Waals surface area contributed by atoms with Crippen LogP contribution in [-0.4, -0.2) is 6.61 Å². The van der Waals surface area contributed by atoms with E-state index < -0.39 is 0 Å². The van der Waals surface area contributed by atoms with Gasteiger partial charge in [0.05, 0.1) is 11.6 Å². The van der Waals surface area contributed by atoms with Gasteiger partial charge in [-0.15, -0.1) is 11.6 Å². The van der Waals surface area contributed by atoms with Crippen LogP contribution in [0.1, 0.15) is 12.5 Å². The summed E-state index contributed by atoms with van der Waals surface area (Å²) in [5.41, 5.74) is 0.956. The van der Waals surface area contributed by atoms with Gasteiger partial charge in [-0.25, -0.2) is 0 Å². The SMILES string of the molecule is CCOc1ccccc1Oc1ccc(CCl)cc1Cl. The third-order valence-corrected chi connectivity index (χ3v) is 3.12. The molecular formula is C15H14Cl2O2. The smallest absolute Gasteiger partial charge is 0.169 e. The Labute approximate surface area is 122 Å². The number of hydrogen-bond acceptors (Lipinski definition) is 2. The van der Waals surface area contributed by atoms with Crippen molar-refractivity contribution in [3.05, 3.63) is 53.1 Å². The normalized spacial score (nSPS) is 10.3. The molecule has 100 valence electrons. The molecule has 0 fully saturated rings. The van der Waals surface area contributed by atoms with Crippen molar-refractivity contribution in [3.8, 4) is 17.2 Å². The van der Waals surface area contributed by atoms with E-state index in [-0.39, 0.29) is 0 Å². The molecule has 0 radical (unpaired) electrons. The summed E-state index contributed by atoms with van der Waals surface area (Å²) >= 11 is 11.9. The van der Waals surface area contributed by atoms with Crippen molar-refractivity contribution in [1.82, 2.24) is 0 Å². The zero-order valence-electron chi connectivity index (χ0n) is 10.5. The number of ether oxygens (including phenoxy) is 2. The zero-order chi connectivity index (χ0) is 13.7. The van der Waals surface area contributed by atoms with E-state index in [1.54, 1.807) is 6.07 Å². The van der Waals surface area contributed by atoms with Gasteiger partial charge in [0.25, 0.3) is 0 Å². The Kier molecular flexibility index (Phi) is 4.94. The highest BCUT2D eigenvalue weighted by Gasteiger charge is 2.08. The second kappa shape index (κ2) is 6.69. The predicted octanol–water partition coefficient (Wildman–Crippen LogP) is 5.27. The maximum absolute atomic E-state index is 6.16. The third-order valence-electron chi connectivity index (χ3n) is 2.52. The number of para-hydroxylation sites is 2. The molecule has 0 atom stereocenters. The predicted molar refractivity (Wildman–Crippen MR) is 78.7 cm³/mol. The first-order chi connectivity index (χ1) is 9.24. The van der Waals surface area contributed by atoms with Crippen LogP contribution < -0.4 is 9.47 Å². The molecule has 2 aromatic rings. The van der Waals surface area contributed by atoms with Gasteiger partial charge in [0.2, 0.25) is 0 Å². The molecule has 0 amide bonds. The van der Waals surface area contributed by atoms with E-state index in [1.807, 2.05) is 43.3 Å². The molecule has 4 heteroatoms. The summed E-state index contributed by atoms with van der Waals surface area (Å²) in [7, 11) is 0. The lowest BCUT2D eigenvalue weighted by Gasteiger charge is -2.12. The Morgan fingerprint density at radius 3 is 2.37 bits per heavy atom. The Hall–Kier alpha value is -1.38. The average Bonchev–Trinajstić information content (AvgIpc) is 2.43. The molecule has 0 saturated carbocycles. The summed E-state index contributed by atoms with van der Waals surface area (Å²) in [4.78, 5) is 0. The number of benzene rings is 2. The Bertz CT molecular complexity index is 556. The maximum Gasteiger partial charge on any atom is 0.169 e. The van der Waals surface area contributed by atoms with Crippen molar-refractivity contribution < 1.29 is 9.47 Å². The van der Waals surface area contributed by atoms with Gasteiger partial charge < -0.3 is 9.47 Å². The van der Waals surface area contributed by atoms with Crippen molar-refractivity contribution >= 4 is 23.2 Å². The molecule has 0 aliphatic carbocycles. The van der Waals surface area contributed by atoms with Crippen LogP contribution in [0.25, 0.3) is 0 Å². The quantitative estimate of drug-likeness (QED) is 0.700. The van der Waals surface area contributed by atoms with E-state index in [1.165, 1.54) is 0 Å². The lowest BCUT2D eigenvalue weighted by molar-refractivity contribution is 0.321. The largest absolute Gasteiger partial charge is 0.490 e. The molecule has 2 rings (SSSR count). The second-order valence-electron chi connectivity index (χ2n) is 3.88. The summed E-state index contributed by atoms with van der Waals surface area (Å²) in [6.45, 7) is 2.51. The molecule has 2 nitrogen and oxygen atoms in total. The number of alkyl halides is 1. The first kappa shape index (κ1) is 14.0. The highest BCUT2D eigenvalue weighted by molar-refractivity contribution is 6.32. The van der Waals surface area contributed by atoms with Gasteiger partial charge in [0.1, 0.15) is 5.75 Å². The summed E-state index contributed by atoms with van der Waals surface area (Å²) in [6, 6.07) is 13.0. The maximum atomic E-state index is 6.16. The molecule has 0 spiro atoms. The van der Waals surface area contributed by atoms with Crippen LogP contribution in [0.2, 0.25) is 5.02 Å². The highest BCUT2D eigenvalue weighted by atomic mass is 35.5. The van der Waals surface area contributed by atoms with E-state index in [2.05, 4.69) is 0 Å². The summed E-state index contributed by atoms with van der Waals surface area (Å²) in [5, 5.41) is 0.532. The lowest BCUT2D eigenvalue weighted by atomic mass is 10.2. The molecule has 0 saturated heterocycles. The minimum atomic E-state index is 0.426. The van der Waals surface area contributed by atoms with E-state index >= 15 is 0 Å². The summed E-state index contributed by atoms with van der Waals surface area (Å²) < 4.78 is 11.3. The molecule has 0 aromatic heterocycles. The van der Waals surface area contributed by atoms with E-state index in [4.69, 9.17) is 32.7 Å². The van der Waals surface area contributed by atoms with Gasteiger partial charge in [-0.3, -0.25) is 0 Å². The first-order valence-corrected chi connectivity index (χ1v) is 6.90. The van der Waals surface area contributed by atoms with Crippen LogP contribution in [-0.2, 0) is 5.88 Å². The molecule has 0 unspecified atom stereocenters. The number of halogens is 2. The average molecular weight is 297 g/mol. The van der Waals surface area contributed by atoms with Crippen LogP contribution >= 0.6 is 23.2 Å². The molecule has 0 bridgehead atoms.